The fourth-order valence-corrected chi connectivity index (χ4v) is 1.73. The summed E-state index contributed by atoms with van der Waals surface area (Å²) in [4.78, 5) is 11.4. The molecule has 0 saturated heterocycles. The Bertz CT molecular complexity index is 463. The number of nitrogens with one attached hydrogen (secondary N) is 1. The lowest BCUT2D eigenvalue weighted by Crippen LogP contribution is -2.29. The summed E-state index contributed by atoms with van der Waals surface area (Å²) >= 11 is 5.50. The average molecular weight is 296 g/mol. The maximum Gasteiger partial charge on any atom is 0.417 e. The number of carbonyl (C=O) groups is 1. The Kier molecular flexibility index (Phi) is 5.05. The van der Waals surface area contributed by atoms with Crippen molar-refractivity contribution in [3.63, 3.8) is 0 Å². The number of hydrogen-bond acceptors (Lipinski definition) is 3. The fourth-order valence-electron chi connectivity index (χ4n) is 1.50. The van der Waals surface area contributed by atoms with Crippen LogP contribution in [0.5, 0.6) is 0 Å². The zero-order chi connectivity index (χ0) is 14.6. The number of rotatable bonds is 4. The Balaban J connectivity index is 3.00. The van der Waals surface area contributed by atoms with Gasteiger partial charge in [0.05, 0.1) is 17.7 Å². The second-order valence-corrected chi connectivity index (χ2v) is 4.23. The first kappa shape index (κ1) is 15.6. The normalized spacial score (nSPS) is 12.9. The smallest absolute Gasteiger partial charge is 0.417 e. The number of esters is 1. The molecule has 7 heteroatoms. The van der Waals surface area contributed by atoms with Gasteiger partial charge in [-0.3, -0.25) is 0 Å². The quantitative estimate of drug-likeness (QED) is 0.860. The Labute approximate surface area is 113 Å². The molecule has 0 bridgehead atoms. The number of hydrogen-bond donors (Lipinski definition) is 1. The lowest BCUT2D eigenvalue weighted by Gasteiger charge is -2.17. The Hall–Kier alpha value is -1.43. The van der Waals surface area contributed by atoms with Crippen molar-refractivity contribution in [1.82, 2.24) is 0 Å². The number of benzene rings is 1. The molecule has 0 radical (unpaired) electrons. The zero-order valence-electron chi connectivity index (χ0n) is 10.3. The first-order valence-electron chi connectivity index (χ1n) is 5.50. The Morgan fingerprint density at radius 3 is 2.58 bits per heavy atom. The van der Waals surface area contributed by atoms with Gasteiger partial charge >= 0.3 is 12.1 Å². The van der Waals surface area contributed by atoms with Crippen LogP contribution in [0.4, 0.5) is 18.9 Å². The molecule has 19 heavy (non-hydrogen) atoms. The summed E-state index contributed by atoms with van der Waals surface area (Å²) in [6, 6.07) is 2.68. The zero-order valence-corrected chi connectivity index (χ0v) is 11.1. The minimum absolute atomic E-state index is 0.161. The monoisotopic (exact) mass is 295 g/mol. The second-order valence-electron chi connectivity index (χ2n) is 3.82. The molecule has 1 N–H and O–H groups in total. The van der Waals surface area contributed by atoms with Crippen LogP contribution in [0.1, 0.15) is 18.9 Å². The van der Waals surface area contributed by atoms with E-state index in [0.717, 1.165) is 12.1 Å². The van der Waals surface area contributed by atoms with E-state index in [4.69, 9.17) is 11.6 Å². The van der Waals surface area contributed by atoms with Gasteiger partial charge in [-0.2, -0.15) is 13.2 Å². The highest BCUT2D eigenvalue weighted by molar-refractivity contribution is 6.31. The number of anilines is 1. The summed E-state index contributed by atoms with van der Waals surface area (Å²) in [7, 11) is 1.22. The molecule has 0 aliphatic rings. The molecule has 0 fully saturated rings. The molecule has 106 valence electrons. The first-order valence-corrected chi connectivity index (χ1v) is 5.88. The standard InChI is InChI=1S/C12H13ClF3NO2/c1-3-10(11(18)19-2)17-7-4-5-9(13)8(6-7)12(14,15)16/h4-6,10,17H,3H2,1-2H3. The summed E-state index contributed by atoms with van der Waals surface area (Å²) < 4.78 is 42.6. The van der Waals surface area contributed by atoms with Crippen molar-refractivity contribution in [2.45, 2.75) is 25.6 Å². The third-order valence-corrected chi connectivity index (χ3v) is 2.84. The molecular weight excluding hydrogens is 283 g/mol. The van der Waals surface area contributed by atoms with E-state index in [0.29, 0.717) is 6.42 Å². The predicted molar refractivity (Wildman–Crippen MR) is 66.2 cm³/mol. The van der Waals surface area contributed by atoms with Crippen molar-refractivity contribution >= 4 is 23.3 Å². The lowest BCUT2D eigenvalue weighted by molar-refractivity contribution is -0.141. The van der Waals surface area contributed by atoms with Gasteiger partial charge < -0.3 is 10.1 Å². The van der Waals surface area contributed by atoms with Crippen LogP contribution in [-0.4, -0.2) is 19.1 Å². The van der Waals surface area contributed by atoms with Crippen LogP contribution in [0.3, 0.4) is 0 Å². The topological polar surface area (TPSA) is 38.3 Å². The van der Waals surface area contributed by atoms with Gasteiger partial charge in [0.25, 0.3) is 0 Å². The van der Waals surface area contributed by atoms with Crippen LogP contribution in [0.25, 0.3) is 0 Å². The molecule has 0 aromatic heterocycles. The molecule has 0 aliphatic heterocycles. The van der Waals surface area contributed by atoms with E-state index >= 15 is 0 Å². The number of methoxy groups -OCH3 is 1. The van der Waals surface area contributed by atoms with Crippen molar-refractivity contribution < 1.29 is 22.7 Å². The average Bonchev–Trinajstić information content (AvgIpc) is 2.35. The van der Waals surface area contributed by atoms with Gasteiger partial charge in [-0.15, -0.1) is 0 Å². The third-order valence-electron chi connectivity index (χ3n) is 2.51. The van der Waals surface area contributed by atoms with Gasteiger partial charge in [0.15, 0.2) is 0 Å². The van der Waals surface area contributed by atoms with Crippen molar-refractivity contribution in [3.05, 3.63) is 28.8 Å². The van der Waals surface area contributed by atoms with Gasteiger partial charge in [-0.25, -0.2) is 4.79 Å². The molecule has 1 aromatic rings. The van der Waals surface area contributed by atoms with Crippen molar-refractivity contribution in [1.29, 1.82) is 0 Å². The maximum atomic E-state index is 12.7. The summed E-state index contributed by atoms with van der Waals surface area (Å²) in [5.41, 5.74) is -0.784. The van der Waals surface area contributed by atoms with Crippen LogP contribution < -0.4 is 5.32 Å². The Morgan fingerprint density at radius 1 is 1.47 bits per heavy atom. The fraction of sp³-hybridized carbons (Fsp3) is 0.417. The Morgan fingerprint density at radius 2 is 2.11 bits per heavy atom. The molecule has 0 spiro atoms. The molecule has 1 aromatic carbocycles. The molecule has 0 aliphatic carbocycles. The predicted octanol–water partition coefficient (Wildman–Crippen LogP) is 3.72. The van der Waals surface area contributed by atoms with Crippen LogP contribution in [-0.2, 0) is 15.7 Å². The molecule has 1 unspecified atom stereocenters. The number of ether oxygens (including phenoxy) is 1. The third kappa shape index (κ3) is 4.02. The van der Waals surface area contributed by atoms with Crippen molar-refractivity contribution in [3.8, 4) is 0 Å². The van der Waals surface area contributed by atoms with E-state index in [9.17, 15) is 18.0 Å². The maximum absolute atomic E-state index is 12.7. The minimum Gasteiger partial charge on any atom is -0.467 e. The van der Waals surface area contributed by atoms with Crippen LogP contribution >= 0.6 is 11.6 Å². The SMILES string of the molecule is CCC(Nc1ccc(Cl)c(C(F)(F)F)c1)C(=O)OC. The number of alkyl halides is 3. The van der Waals surface area contributed by atoms with Gasteiger partial charge in [0, 0.05) is 5.69 Å². The molecular formula is C12H13ClF3NO2. The van der Waals surface area contributed by atoms with Gasteiger partial charge in [-0.1, -0.05) is 18.5 Å². The van der Waals surface area contributed by atoms with E-state index in [-0.39, 0.29) is 10.7 Å². The lowest BCUT2D eigenvalue weighted by atomic mass is 10.1. The highest BCUT2D eigenvalue weighted by Crippen LogP contribution is 2.36. The van der Waals surface area contributed by atoms with Crippen molar-refractivity contribution in [2.75, 3.05) is 12.4 Å². The minimum atomic E-state index is -4.54. The largest absolute Gasteiger partial charge is 0.467 e. The summed E-state index contributed by atoms with van der Waals surface area (Å²) in [5, 5.41) is 2.30. The van der Waals surface area contributed by atoms with E-state index in [2.05, 4.69) is 10.1 Å². The van der Waals surface area contributed by atoms with E-state index in [1.807, 2.05) is 0 Å². The highest BCUT2D eigenvalue weighted by atomic mass is 35.5. The first-order chi connectivity index (χ1) is 8.79. The molecule has 0 amide bonds. The van der Waals surface area contributed by atoms with Crippen LogP contribution in [0.2, 0.25) is 5.02 Å². The van der Waals surface area contributed by atoms with Gasteiger partial charge in [0.2, 0.25) is 0 Å². The van der Waals surface area contributed by atoms with Crippen LogP contribution in [0.15, 0.2) is 18.2 Å². The molecule has 0 heterocycles. The van der Waals surface area contributed by atoms with E-state index < -0.39 is 23.8 Å². The summed E-state index contributed by atoms with van der Waals surface area (Å²) in [6.45, 7) is 1.72. The van der Waals surface area contributed by atoms with E-state index in [1.165, 1.54) is 13.2 Å². The van der Waals surface area contributed by atoms with Gasteiger partial charge in [0.1, 0.15) is 6.04 Å². The summed E-state index contributed by atoms with van der Waals surface area (Å²) in [5.74, 6) is -0.536. The summed E-state index contributed by atoms with van der Waals surface area (Å²) in [6.07, 6.45) is -4.15. The number of halogens is 4. The van der Waals surface area contributed by atoms with Crippen LogP contribution in [0, 0.1) is 0 Å². The number of carbonyl (C=O) groups excluding carboxylic acids is 1. The molecule has 0 saturated carbocycles. The molecule has 3 nitrogen and oxygen atoms in total. The second kappa shape index (κ2) is 6.14. The van der Waals surface area contributed by atoms with Crippen molar-refractivity contribution in [2.24, 2.45) is 0 Å². The molecule has 1 atom stereocenters. The highest BCUT2D eigenvalue weighted by Gasteiger charge is 2.33. The van der Waals surface area contributed by atoms with E-state index in [1.54, 1.807) is 6.92 Å². The molecule has 1 rings (SSSR count). The van der Waals surface area contributed by atoms with Gasteiger partial charge in [-0.05, 0) is 24.6 Å².